The molecule has 15 heavy (non-hydrogen) atoms. The number of nitrogens with one attached hydrogen (secondary N) is 1. The number of anilines is 1. The summed E-state index contributed by atoms with van der Waals surface area (Å²) in [7, 11) is -3.40. The normalized spacial score (nSPS) is 16.6. The number of rotatable bonds is 5. The second kappa shape index (κ2) is 4.03. The van der Waals surface area contributed by atoms with E-state index in [9.17, 15) is 8.42 Å². The molecule has 0 aliphatic heterocycles. The summed E-state index contributed by atoms with van der Waals surface area (Å²) in [5, 5.41) is 8.42. The van der Waals surface area contributed by atoms with Crippen molar-refractivity contribution in [1.29, 1.82) is 0 Å². The van der Waals surface area contributed by atoms with Crippen LogP contribution in [0.4, 0.5) is 5.13 Å². The summed E-state index contributed by atoms with van der Waals surface area (Å²) in [6, 6.07) is 0. The zero-order valence-corrected chi connectivity index (χ0v) is 9.64. The Balaban J connectivity index is 1.83. The Morgan fingerprint density at radius 3 is 2.87 bits per heavy atom. The third-order valence-electron chi connectivity index (χ3n) is 2.05. The third-order valence-corrected chi connectivity index (χ3v) is 3.51. The van der Waals surface area contributed by atoms with Crippen LogP contribution < -0.4 is 10.5 Å². The van der Waals surface area contributed by atoms with Gasteiger partial charge in [0.1, 0.15) is 5.82 Å². The van der Waals surface area contributed by atoms with Crippen molar-refractivity contribution in [2.24, 2.45) is 5.14 Å². The average molecular weight is 248 g/mol. The van der Waals surface area contributed by atoms with Crippen molar-refractivity contribution in [2.75, 3.05) is 17.6 Å². The Morgan fingerprint density at radius 2 is 2.27 bits per heavy atom. The number of hydrogen-bond donors (Lipinski definition) is 2. The highest BCUT2D eigenvalue weighted by atomic mass is 32.2. The summed E-state index contributed by atoms with van der Waals surface area (Å²) in [6.07, 6.45) is 2.32. The largest absolute Gasteiger partial charge is 0.359 e. The van der Waals surface area contributed by atoms with Crippen molar-refractivity contribution in [2.45, 2.75) is 18.8 Å². The van der Waals surface area contributed by atoms with Crippen molar-refractivity contribution >= 4 is 26.7 Å². The summed E-state index contributed by atoms with van der Waals surface area (Å²) in [4.78, 5) is 4.25. The number of aromatic nitrogens is 2. The van der Waals surface area contributed by atoms with Crippen LogP contribution in [0, 0.1) is 0 Å². The van der Waals surface area contributed by atoms with E-state index in [4.69, 9.17) is 5.14 Å². The fourth-order valence-electron chi connectivity index (χ4n) is 1.11. The molecule has 1 aliphatic rings. The summed E-state index contributed by atoms with van der Waals surface area (Å²) < 4.78 is 25.5. The molecular weight excluding hydrogens is 236 g/mol. The lowest BCUT2D eigenvalue weighted by molar-refractivity contribution is 0.598. The average Bonchev–Trinajstić information content (AvgIpc) is 2.86. The molecule has 2 rings (SSSR count). The zero-order valence-electron chi connectivity index (χ0n) is 8.01. The second-order valence-corrected chi connectivity index (χ2v) is 6.01. The molecular formula is C7H12N4O2S2. The van der Waals surface area contributed by atoms with Gasteiger partial charge in [-0.25, -0.2) is 18.5 Å². The van der Waals surface area contributed by atoms with Gasteiger partial charge in [-0.05, 0) is 12.8 Å². The lowest BCUT2D eigenvalue weighted by Gasteiger charge is -1.99. The first-order chi connectivity index (χ1) is 7.04. The van der Waals surface area contributed by atoms with Crippen LogP contribution in [-0.2, 0) is 10.0 Å². The molecule has 1 aromatic heterocycles. The van der Waals surface area contributed by atoms with E-state index in [0.29, 0.717) is 11.0 Å². The molecule has 0 spiro atoms. The quantitative estimate of drug-likeness (QED) is 0.771. The van der Waals surface area contributed by atoms with Gasteiger partial charge in [0.15, 0.2) is 0 Å². The lowest BCUT2D eigenvalue weighted by Crippen LogP contribution is -2.22. The Labute approximate surface area is 92.1 Å². The number of sulfonamides is 1. The molecule has 1 aliphatic carbocycles. The van der Waals surface area contributed by atoms with Gasteiger partial charge >= 0.3 is 0 Å². The molecule has 1 saturated carbocycles. The zero-order chi connectivity index (χ0) is 10.9. The van der Waals surface area contributed by atoms with Gasteiger partial charge in [-0.15, -0.1) is 0 Å². The third kappa shape index (κ3) is 3.40. The van der Waals surface area contributed by atoms with Crippen LogP contribution in [0.25, 0.3) is 0 Å². The molecule has 3 N–H and O–H groups in total. The first kappa shape index (κ1) is 10.8. The van der Waals surface area contributed by atoms with Gasteiger partial charge < -0.3 is 5.32 Å². The van der Waals surface area contributed by atoms with Crippen molar-refractivity contribution in [3.05, 3.63) is 5.82 Å². The first-order valence-electron chi connectivity index (χ1n) is 4.62. The minimum Gasteiger partial charge on any atom is -0.359 e. The van der Waals surface area contributed by atoms with E-state index in [1.807, 2.05) is 0 Å². The number of hydrogen-bond acceptors (Lipinski definition) is 6. The van der Waals surface area contributed by atoms with Crippen molar-refractivity contribution < 1.29 is 8.42 Å². The number of primary sulfonamides is 1. The van der Waals surface area contributed by atoms with Crippen LogP contribution in [0.3, 0.4) is 0 Å². The van der Waals surface area contributed by atoms with E-state index in [2.05, 4.69) is 14.7 Å². The van der Waals surface area contributed by atoms with Crippen LogP contribution in [-0.4, -0.2) is 30.1 Å². The molecule has 1 aromatic rings. The molecule has 0 radical (unpaired) electrons. The van der Waals surface area contributed by atoms with Gasteiger partial charge in [-0.3, -0.25) is 0 Å². The highest BCUT2D eigenvalue weighted by Crippen LogP contribution is 2.39. The van der Waals surface area contributed by atoms with E-state index in [1.165, 1.54) is 11.5 Å². The summed E-state index contributed by atoms with van der Waals surface area (Å²) in [6.45, 7) is 0.276. The van der Waals surface area contributed by atoms with E-state index >= 15 is 0 Å². The van der Waals surface area contributed by atoms with Crippen molar-refractivity contribution in [3.63, 3.8) is 0 Å². The predicted molar refractivity (Wildman–Crippen MR) is 58.3 cm³/mol. The van der Waals surface area contributed by atoms with Gasteiger partial charge in [0, 0.05) is 24.0 Å². The molecule has 0 aromatic carbocycles. The highest BCUT2D eigenvalue weighted by Gasteiger charge is 2.27. The molecule has 1 heterocycles. The van der Waals surface area contributed by atoms with E-state index in [0.717, 1.165) is 18.7 Å². The monoisotopic (exact) mass is 248 g/mol. The standard InChI is InChI=1S/C7H12N4O2S2/c8-15(12,13)4-3-9-7-10-6(11-14-7)5-1-2-5/h5H,1-4H2,(H2,8,12,13)(H,9,10,11). The Bertz CT molecular complexity index is 438. The molecule has 0 unspecified atom stereocenters. The molecule has 8 heteroatoms. The van der Waals surface area contributed by atoms with Crippen LogP contribution in [0.5, 0.6) is 0 Å². The fourth-order valence-corrected chi connectivity index (χ4v) is 2.17. The molecule has 6 nitrogen and oxygen atoms in total. The van der Waals surface area contributed by atoms with Gasteiger partial charge in [-0.1, -0.05) is 0 Å². The topological polar surface area (TPSA) is 98.0 Å². The lowest BCUT2D eigenvalue weighted by atomic mass is 10.4. The minimum atomic E-state index is -3.40. The molecule has 0 bridgehead atoms. The molecule has 84 valence electrons. The smallest absolute Gasteiger partial charge is 0.210 e. The maximum Gasteiger partial charge on any atom is 0.210 e. The Morgan fingerprint density at radius 1 is 1.53 bits per heavy atom. The van der Waals surface area contributed by atoms with Gasteiger partial charge in [0.25, 0.3) is 0 Å². The highest BCUT2D eigenvalue weighted by molar-refractivity contribution is 7.89. The molecule has 0 amide bonds. The van der Waals surface area contributed by atoms with E-state index < -0.39 is 10.0 Å². The molecule has 0 atom stereocenters. The summed E-state index contributed by atoms with van der Waals surface area (Å²) in [5.41, 5.74) is 0. The van der Waals surface area contributed by atoms with Crippen LogP contribution >= 0.6 is 11.5 Å². The SMILES string of the molecule is NS(=O)(=O)CCNc1nc(C2CC2)ns1. The maximum atomic E-state index is 10.7. The van der Waals surface area contributed by atoms with E-state index in [1.54, 1.807) is 0 Å². The van der Waals surface area contributed by atoms with Gasteiger partial charge in [-0.2, -0.15) is 4.37 Å². The minimum absolute atomic E-state index is 0.0919. The van der Waals surface area contributed by atoms with Crippen molar-refractivity contribution in [1.82, 2.24) is 9.36 Å². The van der Waals surface area contributed by atoms with Crippen LogP contribution in [0.15, 0.2) is 0 Å². The Hall–Kier alpha value is -0.730. The van der Waals surface area contributed by atoms with E-state index in [-0.39, 0.29) is 12.3 Å². The van der Waals surface area contributed by atoms with Crippen LogP contribution in [0.1, 0.15) is 24.6 Å². The number of nitrogens with zero attached hydrogens (tertiary/aromatic N) is 2. The number of nitrogens with two attached hydrogens (primary N) is 1. The van der Waals surface area contributed by atoms with Gasteiger partial charge in [0.05, 0.1) is 5.75 Å². The summed E-state index contributed by atoms with van der Waals surface area (Å²) in [5.74, 6) is 1.30. The summed E-state index contributed by atoms with van der Waals surface area (Å²) >= 11 is 1.26. The fraction of sp³-hybridized carbons (Fsp3) is 0.714. The predicted octanol–water partition coefficient (Wildman–Crippen LogP) is 0.116. The Kier molecular flexibility index (Phi) is 2.89. The first-order valence-corrected chi connectivity index (χ1v) is 7.11. The molecule has 0 saturated heterocycles. The molecule has 1 fully saturated rings. The van der Waals surface area contributed by atoms with Crippen LogP contribution in [0.2, 0.25) is 0 Å². The maximum absolute atomic E-state index is 10.7. The van der Waals surface area contributed by atoms with Gasteiger partial charge in [0.2, 0.25) is 15.2 Å². The van der Waals surface area contributed by atoms with Crippen molar-refractivity contribution in [3.8, 4) is 0 Å². The second-order valence-electron chi connectivity index (χ2n) is 3.53.